The number of methoxy groups -OCH3 is 1. The minimum atomic E-state index is -0.978. The Morgan fingerprint density at radius 1 is 1.29 bits per heavy atom. The van der Waals surface area contributed by atoms with Crippen LogP contribution in [0.15, 0.2) is 5.03 Å². The van der Waals surface area contributed by atoms with Gasteiger partial charge in [-0.25, -0.2) is 14.8 Å². The lowest BCUT2D eigenvalue weighted by molar-refractivity contribution is 0.0690. The van der Waals surface area contributed by atoms with E-state index in [9.17, 15) is 9.90 Å². The number of nitrogens with zero attached hydrogens (tertiary/aromatic N) is 2. The maximum Gasteiger partial charge on any atom is 0.340 e. The van der Waals surface area contributed by atoms with Crippen molar-refractivity contribution in [2.75, 3.05) is 32.7 Å². The van der Waals surface area contributed by atoms with Crippen LogP contribution in [0.2, 0.25) is 0 Å². The van der Waals surface area contributed by atoms with Crippen molar-refractivity contribution in [2.45, 2.75) is 31.7 Å². The second-order valence-corrected chi connectivity index (χ2v) is 5.45. The van der Waals surface area contributed by atoms with Crippen LogP contribution in [0.25, 0.3) is 0 Å². The maximum absolute atomic E-state index is 11.3. The van der Waals surface area contributed by atoms with Crippen LogP contribution in [0.3, 0.4) is 0 Å². The standard InChI is InChI=1S/C14H22N2O4S/c1-4-11-15-10(2)12(14(17)18)13(16-11)21-9-5-6-20-8-7-19-3/h4-9H2,1-3H3,(H,17,18). The van der Waals surface area contributed by atoms with Crippen LogP contribution in [0.1, 0.15) is 35.2 Å². The summed E-state index contributed by atoms with van der Waals surface area (Å²) in [5, 5.41) is 9.82. The number of aromatic carboxylic acids is 1. The van der Waals surface area contributed by atoms with E-state index in [1.54, 1.807) is 14.0 Å². The fourth-order valence-electron chi connectivity index (χ4n) is 1.69. The molecule has 0 aliphatic carbocycles. The monoisotopic (exact) mass is 314 g/mol. The number of carbonyl (C=O) groups is 1. The van der Waals surface area contributed by atoms with E-state index in [1.165, 1.54) is 11.8 Å². The topological polar surface area (TPSA) is 81.5 Å². The van der Waals surface area contributed by atoms with Crippen molar-refractivity contribution in [1.29, 1.82) is 0 Å². The maximum atomic E-state index is 11.3. The molecule has 1 aromatic rings. The molecule has 0 saturated carbocycles. The molecule has 0 atom stereocenters. The van der Waals surface area contributed by atoms with E-state index in [-0.39, 0.29) is 5.56 Å². The Kier molecular flexibility index (Phi) is 8.26. The summed E-state index contributed by atoms with van der Waals surface area (Å²) in [7, 11) is 1.63. The fourth-order valence-corrected chi connectivity index (χ4v) is 2.69. The molecule has 1 N–H and O–H groups in total. The lowest BCUT2D eigenvalue weighted by Gasteiger charge is -2.09. The highest BCUT2D eigenvalue weighted by molar-refractivity contribution is 7.99. The molecule has 118 valence electrons. The third-order valence-corrected chi connectivity index (χ3v) is 3.80. The molecule has 1 aromatic heterocycles. The molecule has 0 unspecified atom stereocenters. The van der Waals surface area contributed by atoms with Crippen LogP contribution >= 0.6 is 11.8 Å². The van der Waals surface area contributed by atoms with E-state index in [0.717, 1.165) is 12.2 Å². The van der Waals surface area contributed by atoms with Crippen LogP contribution in [0.5, 0.6) is 0 Å². The number of aryl methyl sites for hydroxylation is 2. The predicted molar refractivity (Wildman–Crippen MR) is 81.1 cm³/mol. The van der Waals surface area contributed by atoms with Crippen molar-refractivity contribution in [3.05, 3.63) is 17.1 Å². The number of hydrogen-bond acceptors (Lipinski definition) is 6. The first-order valence-electron chi connectivity index (χ1n) is 6.90. The van der Waals surface area contributed by atoms with Gasteiger partial charge < -0.3 is 14.6 Å². The van der Waals surface area contributed by atoms with Crippen molar-refractivity contribution in [2.24, 2.45) is 0 Å². The molecular formula is C14H22N2O4S. The second kappa shape index (κ2) is 9.70. The first kappa shape index (κ1) is 17.9. The molecule has 0 saturated heterocycles. The van der Waals surface area contributed by atoms with Crippen LogP contribution in [0.4, 0.5) is 0 Å². The lowest BCUT2D eigenvalue weighted by Crippen LogP contribution is -2.10. The van der Waals surface area contributed by atoms with Crippen LogP contribution < -0.4 is 0 Å². The van der Waals surface area contributed by atoms with Crippen LogP contribution in [-0.2, 0) is 15.9 Å². The lowest BCUT2D eigenvalue weighted by atomic mass is 10.2. The van der Waals surface area contributed by atoms with Crippen LogP contribution in [-0.4, -0.2) is 53.7 Å². The van der Waals surface area contributed by atoms with Gasteiger partial charge in [-0.3, -0.25) is 0 Å². The van der Waals surface area contributed by atoms with Gasteiger partial charge in [0, 0.05) is 25.9 Å². The van der Waals surface area contributed by atoms with Crippen LogP contribution in [0, 0.1) is 6.92 Å². The zero-order chi connectivity index (χ0) is 15.7. The Bertz CT molecular complexity index is 469. The van der Waals surface area contributed by atoms with Gasteiger partial charge in [-0.15, -0.1) is 11.8 Å². The summed E-state index contributed by atoms with van der Waals surface area (Å²) in [5.41, 5.74) is 0.727. The molecule has 0 amide bonds. The van der Waals surface area contributed by atoms with Gasteiger partial charge in [0.25, 0.3) is 0 Å². The zero-order valence-electron chi connectivity index (χ0n) is 12.7. The van der Waals surface area contributed by atoms with Gasteiger partial charge in [0.2, 0.25) is 0 Å². The largest absolute Gasteiger partial charge is 0.478 e. The molecule has 0 spiro atoms. The Morgan fingerprint density at radius 2 is 2.05 bits per heavy atom. The number of ether oxygens (including phenoxy) is 2. The molecule has 1 rings (SSSR count). The Labute approximate surface area is 129 Å². The molecule has 0 aliphatic heterocycles. The Hall–Kier alpha value is -1.18. The Balaban J connectivity index is 2.56. The molecule has 0 aliphatic rings. The zero-order valence-corrected chi connectivity index (χ0v) is 13.5. The summed E-state index contributed by atoms with van der Waals surface area (Å²) >= 11 is 1.44. The minimum absolute atomic E-state index is 0.206. The molecular weight excluding hydrogens is 292 g/mol. The fraction of sp³-hybridized carbons (Fsp3) is 0.643. The van der Waals surface area contributed by atoms with Gasteiger partial charge >= 0.3 is 5.97 Å². The highest BCUT2D eigenvalue weighted by atomic mass is 32.2. The van der Waals surface area contributed by atoms with E-state index in [0.29, 0.717) is 42.8 Å². The summed E-state index contributed by atoms with van der Waals surface area (Å²) < 4.78 is 10.3. The first-order chi connectivity index (χ1) is 10.1. The van der Waals surface area contributed by atoms with Crippen molar-refractivity contribution < 1.29 is 19.4 Å². The minimum Gasteiger partial charge on any atom is -0.478 e. The van der Waals surface area contributed by atoms with E-state index in [4.69, 9.17) is 9.47 Å². The average molecular weight is 314 g/mol. The third-order valence-electron chi connectivity index (χ3n) is 2.74. The highest BCUT2D eigenvalue weighted by Crippen LogP contribution is 2.23. The van der Waals surface area contributed by atoms with Crippen molar-refractivity contribution in [1.82, 2.24) is 9.97 Å². The first-order valence-corrected chi connectivity index (χ1v) is 7.89. The van der Waals surface area contributed by atoms with E-state index in [1.807, 2.05) is 6.92 Å². The summed E-state index contributed by atoms with van der Waals surface area (Å²) in [6.45, 7) is 5.45. The number of carboxylic acids is 1. The van der Waals surface area contributed by atoms with E-state index >= 15 is 0 Å². The average Bonchev–Trinajstić information content (AvgIpc) is 2.45. The quantitative estimate of drug-likeness (QED) is 0.403. The van der Waals surface area contributed by atoms with Gasteiger partial charge in [0.05, 0.1) is 18.9 Å². The highest BCUT2D eigenvalue weighted by Gasteiger charge is 2.17. The molecule has 0 bridgehead atoms. The Morgan fingerprint density at radius 3 is 2.67 bits per heavy atom. The molecule has 0 aromatic carbocycles. The van der Waals surface area contributed by atoms with Crippen molar-refractivity contribution in [3.63, 3.8) is 0 Å². The van der Waals surface area contributed by atoms with E-state index in [2.05, 4.69) is 9.97 Å². The summed E-state index contributed by atoms with van der Waals surface area (Å²) in [4.78, 5) is 19.9. The normalized spacial score (nSPS) is 10.8. The number of rotatable bonds is 10. The number of thioether (sulfide) groups is 1. The third kappa shape index (κ3) is 5.99. The van der Waals surface area contributed by atoms with Crippen molar-refractivity contribution >= 4 is 17.7 Å². The SMILES string of the molecule is CCc1nc(C)c(C(=O)O)c(SCCCOCCOC)n1. The molecule has 21 heavy (non-hydrogen) atoms. The van der Waals surface area contributed by atoms with Crippen molar-refractivity contribution in [3.8, 4) is 0 Å². The van der Waals surface area contributed by atoms with Gasteiger partial charge in [-0.2, -0.15) is 0 Å². The van der Waals surface area contributed by atoms with Gasteiger partial charge in [0.1, 0.15) is 16.4 Å². The molecule has 0 fully saturated rings. The number of hydrogen-bond donors (Lipinski definition) is 1. The molecule has 1 heterocycles. The molecule has 0 radical (unpaired) electrons. The van der Waals surface area contributed by atoms with Gasteiger partial charge in [-0.05, 0) is 13.3 Å². The van der Waals surface area contributed by atoms with Gasteiger partial charge in [-0.1, -0.05) is 6.92 Å². The smallest absolute Gasteiger partial charge is 0.340 e. The summed E-state index contributed by atoms with van der Waals surface area (Å²) in [5.74, 6) is 0.456. The number of aromatic nitrogens is 2. The van der Waals surface area contributed by atoms with E-state index < -0.39 is 5.97 Å². The van der Waals surface area contributed by atoms with Gasteiger partial charge in [0.15, 0.2) is 0 Å². The summed E-state index contributed by atoms with van der Waals surface area (Å²) in [6, 6.07) is 0. The number of carboxylic acid groups (broad SMARTS) is 1. The second-order valence-electron chi connectivity index (χ2n) is 4.37. The molecule has 6 nitrogen and oxygen atoms in total. The molecule has 7 heteroatoms. The predicted octanol–water partition coefficient (Wildman–Crippen LogP) is 2.19. The summed E-state index contributed by atoms with van der Waals surface area (Å²) in [6.07, 6.45) is 1.52.